The number of hydrogen-bond donors (Lipinski definition) is 0. The second-order valence-corrected chi connectivity index (χ2v) is 7.96. The molecule has 1 aromatic carbocycles. The second-order valence-electron chi connectivity index (χ2n) is 7.96. The van der Waals surface area contributed by atoms with Gasteiger partial charge in [0.15, 0.2) is 0 Å². The fourth-order valence-electron chi connectivity index (χ4n) is 4.54. The standard InChI is InChI=1S/C21H25N3O3.2ClH/c1-14-2-3-15-9-16(10-23-11-17-13-27-21(25)18(17)12-23)20(22-19(15)8-14)24-4-6-26-7-5-24;;/h2-3,8-9,17-18H,4-7,10-13H2,1H3;2*1H/t17-,18-;;/m1../s1. The molecule has 2 atom stereocenters. The number of anilines is 1. The van der Waals surface area contributed by atoms with E-state index in [-0.39, 0.29) is 36.7 Å². The van der Waals surface area contributed by atoms with E-state index in [0.717, 1.165) is 57.3 Å². The maximum Gasteiger partial charge on any atom is 0.310 e. The van der Waals surface area contributed by atoms with Gasteiger partial charge in [-0.1, -0.05) is 12.1 Å². The summed E-state index contributed by atoms with van der Waals surface area (Å²) in [7, 11) is 0. The number of fused-ring (bicyclic) bond motifs is 2. The summed E-state index contributed by atoms with van der Waals surface area (Å²) < 4.78 is 10.7. The molecule has 0 aliphatic carbocycles. The highest BCUT2D eigenvalue weighted by Crippen LogP contribution is 2.33. The van der Waals surface area contributed by atoms with E-state index >= 15 is 0 Å². The third-order valence-corrected chi connectivity index (χ3v) is 5.99. The molecule has 0 saturated carbocycles. The smallest absolute Gasteiger partial charge is 0.310 e. The highest BCUT2D eigenvalue weighted by molar-refractivity contribution is 5.85. The van der Waals surface area contributed by atoms with Crippen molar-refractivity contribution in [1.29, 1.82) is 0 Å². The van der Waals surface area contributed by atoms with E-state index in [1.165, 1.54) is 16.5 Å². The van der Waals surface area contributed by atoms with E-state index in [0.29, 0.717) is 12.5 Å². The van der Waals surface area contributed by atoms with E-state index < -0.39 is 0 Å². The molecule has 8 heteroatoms. The molecule has 0 spiro atoms. The highest BCUT2D eigenvalue weighted by atomic mass is 35.5. The first-order valence-corrected chi connectivity index (χ1v) is 9.79. The number of aryl methyl sites for hydroxylation is 1. The van der Waals surface area contributed by atoms with Gasteiger partial charge < -0.3 is 14.4 Å². The molecule has 6 nitrogen and oxygen atoms in total. The molecule has 29 heavy (non-hydrogen) atoms. The summed E-state index contributed by atoms with van der Waals surface area (Å²) in [6, 6.07) is 8.72. The zero-order chi connectivity index (χ0) is 18.4. The number of aromatic nitrogens is 1. The molecule has 1 aromatic heterocycles. The Kier molecular flexibility index (Phi) is 6.89. The minimum absolute atomic E-state index is 0. The van der Waals surface area contributed by atoms with Crippen LogP contribution in [0.3, 0.4) is 0 Å². The summed E-state index contributed by atoms with van der Waals surface area (Å²) in [5.74, 6) is 1.44. The van der Waals surface area contributed by atoms with Gasteiger partial charge in [0.2, 0.25) is 0 Å². The van der Waals surface area contributed by atoms with Crippen LogP contribution < -0.4 is 4.90 Å². The first-order chi connectivity index (χ1) is 13.2. The molecule has 0 unspecified atom stereocenters. The van der Waals surface area contributed by atoms with Gasteiger partial charge in [-0.25, -0.2) is 4.98 Å². The van der Waals surface area contributed by atoms with Crippen molar-refractivity contribution in [3.63, 3.8) is 0 Å². The van der Waals surface area contributed by atoms with Crippen LogP contribution in [0, 0.1) is 18.8 Å². The Morgan fingerprint density at radius 1 is 1.14 bits per heavy atom. The number of likely N-dealkylation sites (tertiary alicyclic amines) is 1. The van der Waals surface area contributed by atoms with Gasteiger partial charge in [0.05, 0.1) is 31.3 Å². The second kappa shape index (κ2) is 9.04. The zero-order valence-corrected chi connectivity index (χ0v) is 18.1. The van der Waals surface area contributed by atoms with Crippen LogP contribution in [-0.4, -0.2) is 61.9 Å². The van der Waals surface area contributed by atoms with Crippen molar-refractivity contribution in [2.45, 2.75) is 13.5 Å². The minimum Gasteiger partial charge on any atom is -0.465 e. The van der Waals surface area contributed by atoms with Gasteiger partial charge in [0.1, 0.15) is 5.82 Å². The molecule has 3 fully saturated rings. The molecule has 158 valence electrons. The van der Waals surface area contributed by atoms with E-state index in [2.05, 4.69) is 41.0 Å². The predicted molar refractivity (Wildman–Crippen MR) is 117 cm³/mol. The molecule has 0 bridgehead atoms. The highest BCUT2D eigenvalue weighted by Gasteiger charge is 2.44. The van der Waals surface area contributed by atoms with Crippen molar-refractivity contribution in [3.8, 4) is 0 Å². The fraction of sp³-hybridized carbons (Fsp3) is 0.524. The lowest BCUT2D eigenvalue weighted by Gasteiger charge is -2.31. The van der Waals surface area contributed by atoms with E-state index in [9.17, 15) is 4.79 Å². The number of halogens is 2. The SMILES string of the molecule is Cc1ccc2cc(CN3C[C@@H]4COC(=O)[C@@H]4C3)c(N3CCOCC3)nc2c1.Cl.Cl. The molecule has 0 amide bonds. The third kappa shape index (κ3) is 4.31. The Bertz CT molecular complexity index is 889. The lowest BCUT2D eigenvalue weighted by Crippen LogP contribution is -2.38. The molecule has 2 aromatic rings. The Morgan fingerprint density at radius 2 is 1.93 bits per heavy atom. The Balaban J connectivity index is 0.00000120. The van der Waals surface area contributed by atoms with Crippen LogP contribution in [-0.2, 0) is 20.8 Å². The van der Waals surface area contributed by atoms with E-state index in [1.807, 2.05) is 0 Å². The first-order valence-electron chi connectivity index (χ1n) is 9.79. The van der Waals surface area contributed by atoms with Crippen LogP contribution in [0.1, 0.15) is 11.1 Å². The summed E-state index contributed by atoms with van der Waals surface area (Å²) in [6.07, 6.45) is 0. The average molecular weight is 440 g/mol. The topological polar surface area (TPSA) is 54.9 Å². The number of nitrogens with zero attached hydrogens (tertiary/aromatic N) is 3. The maximum atomic E-state index is 11.9. The molecule has 3 aliphatic heterocycles. The molecular formula is C21H27Cl2N3O3. The lowest BCUT2D eigenvalue weighted by molar-refractivity contribution is -0.141. The van der Waals surface area contributed by atoms with Crippen molar-refractivity contribution in [3.05, 3.63) is 35.4 Å². The van der Waals surface area contributed by atoms with Crippen LogP contribution >= 0.6 is 24.8 Å². The molecule has 0 N–H and O–H groups in total. The first kappa shape index (κ1) is 22.1. The van der Waals surface area contributed by atoms with E-state index in [4.69, 9.17) is 14.5 Å². The summed E-state index contributed by atoms with van der Waals surface area (Å²) in [5, 5.41) is 1.17. The summed E-state index contributed by atoms with van der Waals surface area (Å²) in [5.41, 5.74) is 3.50. The van der Waals surface area contributed by atoms with Crippen molar-refractivity contribution < 1.29 is 14.3 Å². The van der Waals surface area contributed by atoms with Crippen molar-refractivity contribution in [1.82, 2.24) is 9.88 Å². The Labute approximate surface area is 183 Å². The molecular weight excluding hydrogens is 413 g/mol. The molecule has 0 radical (unpaired) electrons. The minimum atomic E-state index is -0.0250. The summed E-state index contributed by atoms with van der Waals surface area (Å²) in [4.78, 5) is 21.7. The summed E-state index contributed by atoms with van der Waals surface area (Å²) >= 11 is 0. The number of carbonyl (C=O) groups excluding carboxylic acids is 1. The maximum absolute atomic E-state index is 11.9. The van der Waals surface area contributed by atoms with Gasteiger partial charge in [-0.3, -0.25) is 9.69 Å². The number of esters is 1. The third-order valence-electron chi connectivity index (χ3n) is 5.99. The fourth-order valence-corrected chi connectivity index (χ4v) is 4.54. The van der Waals surface area contributed by atoms with Crippen molar-refractivity contribution in [2.75, 3.05) is 50.9 Å². The number of benzene rings is 1. The van der Waals surface area contributed by atoms with Crippen LogP contribution in [0.15, 0.2) is 24.3 Å². The Hall–Kier alpha value is -1.60. The lowest BCUT2D eigenvalue weighted by atomic mass is 10.0. The molecule has 5 rings (SSSR count). The van der Waals surface area contributed by atoms with Crippen molar-refractivity contribution >= 4 is 47.5 Å². The number of carbonyl (C=O) groups is 1. The summed E-state index contributed by atoms with van der Waals surface area (Å²) in [6.45, 7) is 8.44. The number of hydrogen-bond acceptors (Lipinski definition) is 6. The van der Waals surface area contributed by atoms with Crippen molar-refractivity contribution in [2.24, 2.45) is 11.8 Å². The number of ether oxygens (including phenoxy) is 2. The number of cyclic esters (lactones) is 1. The molecule has 3 saturated heterocycles. The number of morpholine rings is 1. The van der Waals surface area contributed by atoms with Gasteiger partial charge in [-0.05, 0) is 24.6 Å². The largest absolute Gasteiger partial charge is 0.465 e. The molecule has 4 heterocycles. The van der Waals surface area contributed by atoms with Gasteiger partial charge in [0.25, 0.3) is 0 Å². The van der Waals surface area contributed by atoms with Crippen LogP contribution in [0.2, 0.25) is 0 Å². The van der Waals surface area contributed by atoms with Crippen LogP contribution in [0.4, 0.5) is 5.82 Å². The Morgan fingerprint density at radius 3 is 2.69 bits per heavy atom. The van der Waals surface area contributed by atoms with Gasteiger partial charge in [0, 0.05) is 49.6 Å². The van der Waals surface area contributed by atoms with E-state index in [1.54, 1.807) is 0 Å². The number of pyridine rings is 1. The van der Waals surface area contributed by atoms with Crippen LogP contribution in [0.25, 0.3) is 10.9 Å². The quantitative estimate of drug-likeness (QED) is 0.685. The average Bonchev–Trinajstić information content (AvgIpc) is 3.23. The zero-order valence-electron chi connectivity index (χ0n) is 16.5. The number of rotatable bonds is 3. The normalized spacial score (nSPS) is 24.0. The van der Waals surface area contributed by atoms with Gasteiger partial charge in [-0.2, -0.15) is 0 Å². The van der Waals surface area contributed by atoms with Gasteiger partial charge in [-0.15, -0.1) is 24.8 Å². The van der Waals surface area contributed by atoms with Gasteiger partial charge >= 0.3 is 5.97 Å². The predicted octanol–water partition coefficient (Wildman–Crippen LogP) is 2.83. The molecule has 3 aliphatic rings. The van der Waals surface area contributed by atoms with Crippen LogP contribution in [0.5, 0.6) is 0 Å². The monoisotopic (exact) mass is 439 g/mol.